The fourth-order valence-corrected chi connectivity index (χ4v) is 5.43. The summed E-state index contributed by atoms with van der Waals surface area (Å²) in [4.78, 5) is 13.3. The van der Waals surface area contributed by atoms with Gasteiger partial charge >= 0.3 is 0 Å². The average molecular weight is 465 g/mol. The lowest BCUT2D eigenvalue weighted by atomic mass is 10.0. The Morgan fingerprint density at radius 2 is 1.84 bits per heavy atom. The van der Waals surface area contributed by atoms with Crippen molar-refractivity contribution in [2.45, 2.75) is 37.2 Å². The summed E-state index contributed by atoms with van der Waals surface area (Å²) in [5, 5.41) is 11.2. The van der Waals surface area contributed by atoms with Crippen LogP contribution < -0.4 is 5.56 Å². The van der Waals surface area contributed by atoms with E-state index in [1.54, 1.807) is 16.7 Å². The number of rotatable bonds is 6. The van der Waals surface area contributed by atoms with Gasteiger partial charge in [0.25, 0.3) is 5.56 Å². The molecule has 0 aliphatic rings. The molecule has 5 aromatic rings. The predicted octanol–water partition coefficient (Wildman–Crippen LogP) is 5.71. The van der Waals surface area contributed by atoms with E-state index in [1.807, 2.05) is 21.9 Å². The van der Waals surface area contributed by atoms with E-state index in [0.717, 1.165) is 11.1 Å². The summed E-state index contributed by atoms with van der Waals surface area (Å²) in [6, 6.07) is 16.9. The van der Waals surface area contributed by atoms with E-state index < -0.39 is 0 Å². The van der Waals surface area contributed by atoms with Crippen molar-refractivity contribution in [3.05, 3.63) is 92.8 Å². The highest BCUT2D eigenvalue weighted by Gasteiger charge is 2.18. The Kier molecular flexibility index (Phi) is 5.57. The number of fused-ring (bicyclic) bond motifs is 3. The molecule has 32 heavy (non-hydrogen) atoms. The molecule has 0 unspecified atom stereocenters. The van der Waals surface area contributed by atoms with Gasteiger partial charge in [-0.05, 0) is 40.1 Å². The minimum Gasteiger partial charge on any atom is -0.271 e. The van der Waals surface area contributed by atoms with Crippen LogP contribution in [0.5, 0.6) is 0 Å². The quantitative estimate of drug-likeness (QED) is 0.302. The smallest absolute Gasteiger partial charge is 0.271 e. The van der Waals surface area contributed by atoms with Gasteiger partial charge in [0, 0.05) is 5.75 Å². The Hall–Kier alpha value is -2.97. The standard InChI is InChI=1S/C24H21FN4OS2/c1-15(2)17-9-7-16(8-10-17)13-28-22(30)21-20(11-12-31-21)29-23(28)26-27-24(29)32-14-18-5-3-4-6-19(18)25/h3-12,15H,13-14H2,1-2H3. The first-order valence-corrected chi connectivity index (χ1v) is 12.2. The Bertz CT molecular complexity index is 1470. The monoisotopic (exact) mass is 464 g/mol. The van der Waals surface area contributed by atoms with Crippen LogP contribution in [-0.4, -0.2) is 19.2 Å². The molecular formula is C24H21FN4OS2. The number of hydrogen-bond donors (Lipinski definition) is 0. The summed E-state index contributed by atoms with van der Waals surface area (Å²) in [7, 11) is 0. The molecule has 3 aromatic heterocycles. The molecule has 0 bridgehead atoms. The van der Waals surface area contributed by atoms with Crippen molar-refractivity contribution in [2.75, 3.05) is 0 Å². The van der Waals surface area contributed by atoms with Crippen LogP contribution in [-0.2, 0) is 12.3 Å². The molecule has 0 amide bonds. The summed E-state index contributed by atoms with van der Waals surface area (Å²) in [5.41, 5.74) is 3.59. The number of aromatic nitrogens is 4. The third-order valence-electron chi connectivity index (χ3n) is 5.48. The SMILES string of the molecule is CC(C)c1ccc(Cn2c(=O)c3sccc3n3c(SCc4ccccc4F)nnc23)cc1. The number of nitrogens with zero attached hydrogens (tertiary/aromatic N) is 4. The van der Waals surface area contributed by atoms with Crippen LogP contribution in [0.15, 0.2) is 69.9 Å². The number of benzene rings is 2. The van der Waals surface area contributed by atoms with Gasteiger partial charge in [0.15, 0.2) is 5.16 Å². The second-order valence-electron chi connectivity index (χ2n) is 7.92. The molecule has 8 heteroatoms. The van der Waals surface area contributed by atoms with E-state index in [-0.39, 0.29) is 11.4 Å². The van der Waals surface area contributed by atoms with Gasteiger partial charge in [-0.3, -0.25) is 13.8 Å². The molecule has 0 atom stereocenters. The minimum atomic E-state index is -0.240. The predicted molar refractivity (Wildman–Crippen MR) is 128 cm³/mol. The average Bonchev–Trinajstić information content (AvgIpc) is 3.43. The molecule has 2 aromatic carbocycles. The third-order valence-corrected chi connectivity index (χ3v) is 7.35. The lowest BCUT2D eigenvalue weighted by molar-refractivity contribution is 0.617. The number of thiophene rings is 1. The second-order valence-corrected chi connectivity index (χ2v) is 9.78. The Labute approximate surface area is 192 Å². The maximum absolute atomic E-state index is 14.1. The Morgan fingerprint density at radius 3 is 2.59 bits per heavy atom. The van der Waals surface area contributed by atoms with Crippen LogP contribution in [0.25, 0.3) is 16.0 Å². The largest absolute Gasteiger partial charge is 0.273 e. The molecule has 0 saturated heterocycles. The molecule has 162 valence electrons. The molecule has 0 aliphatic carbocycles. The highest BCUT2D eigenvalue weighted by Crippen LogP contribution is 2.27. The van der Waals surface area contributed by atoms with E-state index in [9.17, 15) is 9.18 Å². The van der Waals surface area contributed by atoms with Crippen LogP contribution in [0.3, 0.4) is 0 Å². The van der Waals surface area contributed by atoms with Gasteiger partial charge in [-0.2, -0.15) is 0 Å². The van der Waals surface area contributed by atoms with Gasteiger partial charge in [0.05, 0.1) is 12.1 Å². The van der Waals surface area contributed by atoms with Gasteiger partial charge in [-0.1, -0.05) is 68.1 Å². The van der Waals surface area contributed by atoms with Crippen LogP contribution in [0.1, 0.15) is 36.5 Å². The number of halogens is 1. The van der Waals surface area contributed by atoms with Crippen molar-refractivity contribution in [3.63, 3.8) is 0 Å². The van der Waals surface area contributed by atoms with E-state index in [1.165, 1.54) is 34.7 Å². The maximum Gasteiger partial charge on any atom is 0.273 e. The maximum atomic E-state index is 14.1. The van der Waals surface area contributed by atoms with Crippen LogP contribution in [0.4, 0.5) is 4.39 Å². The summed E-state index contributed by atoms with van der Waals surface area (Å²) < 4.78 is 18.3. The van der Waals surface area contributed by atoms with Gasteiger partial charge in [-0.15, -0.1) is 21.5 Å². The lowest BCUT2D eigenvalue weighted by Gasteiger charge is -2.11. The molecule has 0 saturated carbocycles. The lowest BCUT2D eigenvalue weighted by Crippen LogP contribution is -2.23. The van der Waals surface area contributed by atoms with Gasteiger partial charge in [0.2, 0.25) is 5.78 Å². The zero-order chi connectivity index (χ0) is 22.2. The third kappa shape index (κ3) is 3.73. The fourth-order valence-electron chi connectivity index (χ4n) is 3.68. The van der Waals surface area contributed by atoms with Crippen molar-refractivity contribution in [3.8, 4) is 0 Å². The normalized spacial score (nSPS) is 11.8. The molecular weight excluding hydrogens is 443 g/mol. The van der Waals surface area contributed by atoms with E-state index in [2.05, 4.69) is 48.3 Å². The van der Waals surface area contributed by atoms with Crippen LogP contribution in [0, 0.1) is 5.82 Å². The Balaban J connectivity index is 1.57. The molecule has 3 heterocycles. The fraction of sp³-hybridized carbons (Fsp3) is 0.208. The van der Waals surface area contributed by atoms with Gasteiger partial charge < -0.3 is 0 Å². The highest BCUT2D eigenvalue weighted by atomic mass is 32.2. The van der Waals surface area contributed by atoms with E-state index >= 15 is 0 Å². The topological polar surface area (TPSA) is 52.2 Å². The second kappa shape index (κ2) is 8.52. The van der Waals surface area contributed by atoms with Gasteiger partial charge in [0.1, 0.15) is 10.5 Å². The van der Waals surface area contributed by atoms with E-state index in [0.29, 0.717) is 39.4 Å². The van der Waals surface area contributed by atoms with Gasteiger partial charge in [-0.25, -0.2) is 4.39 Å². The minimum absolute atomic E-state index is 0.0755. The summed E-state index contributed by atoms with van der Waals surface area (Å²) in [6.45, 7) is 4.72. The Morgan fingerprint density at radius 1 is 1.06 bits per heavy atom. The first-order chi connectivity index (χ1) is 15.5. The summed E-state index contributed by atoms with van der Waals surface area (Å²) in [5.74, 6) is 1.13. The molecule has 0 N–H and O–H groups in total. The molecule has 0 fully saturated rings. The van der Waals surface area contributed by atoms with Crippen LogP contribution >= 0.6 is 23.1 Å². The van der Waals surface area contributed by atoms with E-state index in [4.69, 9.17) is 0 Å². The molecule has 5 nitrogen and oxygen atoms in total. The molecule has 5 rings (SSSR count). The number of thioether (sulfide) groups is 1. The zero-order valence-corrected chi connectivity index (χ0v) is 19.3. The van der Waals surface area contributed by atoms with Crippen LogP contribution in [0.2, 0.25) is 0 Å². The number of hydrogen-bond acceptors (Lipinski definition) is 5. The summed E-state index contributed by atoms with van der Waals surface area (Å²) >= 11 is 2.82. The first-order valence-electron chi connectivity index (χ1n) is 10.3. The van der Waals surface area contributed by atoms with Crippen molar-refractivity contribution in [1.29, 1.82) is 0 Å². The van der Waals surface area contributed by atoms with Crippen molar-refractivity contribution in [2.24, 2.45) is 0 Å². The molecule has 0 aliphatic heterocycles. The molecule has 0 spiro atoms. The first kappa shape index (κ1) is 20.9. The highest BCUT2D eigenvalue weighted by molar-refractivity contribution is 7.98. The van der Waals surface area contributed by atoms with Crippen molar-refractivity contribution >= 4 is 39.1 Å². The molecule has 0 radical (unpaired) electrons. The van der Waals surface area contributed by atoms with Crippen molar-refractivity contribution < 1.29 is 4.39 Å². The van der Waals surface area contributed by atoms with Crippen molar-refractivity contribution in [1.82, 2.24) is 19.2 Å². The zero-order valence-electron chi connectivity index (χ0n) is 17.7. The summed E-state index contributed by atoms with van der Waals surface area (Å²) in [6.07, 6.45) is 0.